The van der Waals surface area contributed by atoms with Gasteiger partial charge in [-0.2, -0.15) is 0 Å². The Balaban J connectivity index is 2.40. The lowest BCUT2D eigenvalue weighted by atomic mass is 10.2. The summed E-state index contributed by atoms with van der Waals surface area (Å²) in [6.07, 6.45) is 0.229. The van der Waals surface area contributed by atoms with Crippen LogP contribution in [-0.4, -0.2) is 11.1 Å². The van der Waals surface area contributed by atoms with Gasteiger partial charge in [-0.15, -0.1) is 0 Å². The first-order chi connectivity index (χ1) is 6.65. The number of aromatic amines is 1. The molecule has 0 saturated carbocycles. The topological polar surface area (TPSA) is 25.0 Å². The van der Waals surface area contributed by atoms with Gasteiger partial charge in [0.25, 0.3) is 0 Å². The number of hydrogen-bond acceptors (Lipinski definition) is 1. The third-order valence-corrected chi connectivity index (χ3v) is 2.10. The second-order valence-corrected chi connectivity index (χ2v) is 3.87. The highest BCUT2D eigenvalue weighted by molar-refractivity contribution is 5.81. The summed E-state index contributed by atoms with van der Waals surface area (Å²) in [6.45, 7) is 6.13. The van der Waals surface area contributed by atoms with Gasteiger partial charge >= 0.3 is 0 Å². The molecular weight excluding hydrogens is 174 g/mol. The summed E-state index contributed by atoms with van der Waals surface area (Å²) >= 11 is 0. The summed E-state index contributed by atoms with van der Waals surface area (Å²) in [7, 11) is 0. The average Bonchev–Trinajstić information content (AvgIpc) is 2.42. The Morgan fingerprint density at radius 2 is 2.00 bits per heavy atom. The molecule has 0 radical (unpaired) electrons. The highest BCUT2D eigenvalue weighted by Crippen LogP contribution is 2.21. The molecule has 2 aromatic rings. The van der Waals surface area contributed by atoms with E-state index in [1.54, 1.807) is 0 Å². The zero-order valence-corrected chi connectivity index (χ0v) is 8.79. The van der Waals surface area contributed by atoms with Crippen LogP contribution < -0.4 is 4.74 Å². The Morgan fingerprint density at radius 1 is 1.21 bits per heavy atom. The van der Waals surface area contributed by atoms with E-state index in [-0.39, 0.29) is 6.10 Å². The second kappa shape index (κ2) is 3.37. The zero-order chi connectivity index (χ0) is 10.1. The van der Waals surface area contributed by atoms with Crippen LogP contribution in [0.3, 0.4) is 0 Å². The summed E-state index contributed by atoms with van der Waals surface area (Å²) in [5, 5.41) is 1.21. The van der Waals surface area contributed by atoms with Crippen LogP contribution in [0.2, 0.25) is 0 Å². The summed E-state index contributed by atoms with van der Waals surface area (Å²) in [5.74, 6) is 0.937. The van der Waals surface area contributed by atoms with Gasteiger partial charge in [-0.1, -0.05) is 0 Å². The van der Waals surface area contributed by atoms with E-state index in [0.717, 1.165) is 5.75 Å². The number of ether oxygens (including phenoxy) is 1. The van der Waals surface area contributed by atoms with Gasteiger partial charge < -0.3 is 9.72 Å². The van der Waals surface area contributed by atoms with E-state index in [1.165, 1.54) is 16.6 Å². The molecule has 0 aliphatic carbocycles. The third-order valence-electron chi connectivity index (χ3n) is 2.10. The van der Waals surface area contributed by atoms with Crippen LogP contribution in [0.4, 0.5) is 0 Å². The molecule has 1 aromatic heterocycles. The first kappa shape index (κ1) is 9.13. The predicted molar refractivity (Wildman–Crippen MR) is 58.8 cm³/mol. The van der Waals surface area contributed by atoms with Gasteiger partial charge in [0.1, 0.15) is 5.75 Å². The van der Waals surface area contributed by atoms with Crippen LogP contribution in [-0.2, 0) is 0 Å². The van der Waals surface area contributed by atoms with Gasteiger partial charge in [0.2, 0.25) is 0 Å². The lowest BCUT2D eigenvalue weighted by molar-refractivity contribution is 0.243. The fourth-order valence-corrected chi connectivity index (χ4v) is 1.60. The molecular formula is C12H15NO. The second-order valence-electron chi connectivity index (χ2n) is 3.87. The third kappa shape index (κ3) is 1.74. The minimum absolute atomic E-state index is 0.229. The minimum Gasteiger partial charge on any atom is -0.491 e. The number of rotatable bonds is 2. The Morgan fingerprint density at radius 3 is 2.71 bits per heavy atom. The number of H-pyrrole nitrogens is 1. The Labute approximate surface area is 83.9 Å². The number of aryl methyl sites for hydroxylation is 1. The smallest absolute Gasteiger partial charge is 0.120 e. The fourth-order valence-electron chi connectivity index (χ4n) is 1.60. The molecule has 1 heterocycles. The molecule has 14 heavy (non-hydrogen) atoms. The molecule has 2 nitrogen and oxygen atoms in total. The van der Waals surface area contributed by atoms with Gasteiger partial charge in [0, 0.05) is 16.6 Å². The van der Waals surface area contributed by atoms with Crippen molar-refractivity contribution in [2.75, 3.05) is 0 Å². The molecule has 2 rings (SSSR count). The van der Waals surface area contributed by atoms with Crippen LogP contribution in [0, 0.1) is 6.92 Å². The number of nitrogens with one attached hydrogen (secondary N) is 1. The van der Waals surface area contributed by atoms with Gasteiger partial charge in [-0.3, -0.25) is 0 Å². The van der Waals surface area contributed by atoms with Crippen LogP contribution in [0.25, 0.3) is 10.9 Å². The van der Waals surface area contributed by atoms with Gasteiger partial charge in [-0.05, 0) is 45.0 Å². The highest BCUT2D eigenvalue weighted by atomic mass is 16.5. The van der Waals surface area contributed by atoms with Crippen molar-refractivity contribution in [3.05, 3.63) is 30.0 Å². The van der Waals surface area contributed by atoms with E-state index >= 15 is 0 Å². The number of hydrogen-bond donors (Lipinski definition) is 1. The molecule has 0 atom stereocenters. The molecule has 0 aliphatic heterocycles. The van der Waals surface area contributed by atoms with E-state index in [2.05, 4.69) is 30.1 Å². The number of benzene rings is 1. The van der Waals surface area contributed by atoms with E-state index in [4.69, 9.17) is 4.74 Å². The SMILES string of the molecule is Cc1cc2cc(OC(C)C)ccc2[nH]1. The molecule has 0 aliphatic rings. The van der Waals surface area contributed by atoms with Crippen molar-refractivity contribution in [3.8, 4) is 5.75 Å². The molecule has 0 amide bonds. The van der Waals surface area contributed by atoms with E-state index < -0.39 is 0 Å². The van der Waals surface area contributed by atoms with E-state index in [9.17, 15) is 0 Å². The first-order valence-electron chi connectivity index (χ1n) is 4.91. The largest absolute Gasteiger partial charge is 0.491 e. The lowest BCUT2D eigenvalue weighted by Gasteiger charge is -2.08. The summed E-state index contributed by atoms with van der Waals surface area (Å²) in [4.78, 5) is 3.28. The monoisotopic (exact) mass is 189 g/mol. The molecule has 0 bridgehead atoms. The maximum Gasteiger partial charge on any atom is 0.120 e. The summed E-state index contributed by atoms with van der Waals surface area (Å²) in [6, 6.07) is 8.25. The number of aromatic nitrogens is 1. The van der Waals surface area contributed by atoms with Crippen molar-refractivity contribution < 1.29 is 4.74 Å². The van der Waals surface area contributed by atoms with Crippen molar-refractivity contribution in [3.63, 3.8) is 0 Å². The average molecular weight is 189 g/mol. The summed E-state index contributed by atoms with van der Waals surface area (Å²) in [5.41, 5.74) is 2.35. The zero-order valence-electron chi connectivity index (χ0n) is 8.79. The van der Waals surface area contributed by atoms with Gasteiger partial charge in [0.15, 0.2) is 0 Å². The maximum absolute atomic E-state index is 5.62. The number of fused-ring (bicyclic) bond motifs is 1. The van der Waals surface area contributed by atoms with Crippen molar-refractivity contribution in [2.24, 2.45) is 0 Å². The van der Waals surface area contributed by atoms with E-state index in [0.29, 0.717) is 0 Å². The lowest BCUT2D eigenvalue weighted by Crippen LogP contribution is -2.04. The normalized spacial score (nSPS) is 11.1. The molecule has 1 aromatic carbocycles. The minimum atomic E-state index is 0.229. The van der Waals surface area contributed by atoms with Crippen molar-refractivity contribution >= 4 is 10.9 Å². The standard InChI is InChI=1S/C12H15NO/c1-8(2)14-11-4-5-12-10(7-11)6-9(3)13-12/h4-8,13H,1-3H3. The highest BCUT2D eigenvalue weighted by Gasteiger charge is 2.01. The molecule has 1 N–H and O–H groups in total. The Hall–Kier alpha value is -1.44. The van der Waals surface area contributed by atoms with Crippen LogP contribution in [0.15, 0.2) is 24.3 Å². The van der Waals surface area contributed by atoms with Crippen molar-refractivity contribution in [1.82, 2.24) is 4.98 Å². The van der Waals surface area contributed by atoms with Gasteiger partial charge in [0.05, 0.1) is 6.10 Å². The van der Waals surface area contributed by atoms with Gasteiger partial charge in [-0.25, -0.2) is 0 Å². The maximum atomic E-state index is 5.62. The predicted octanol–water partition coefficient (Wildman–Crippen LogP) is 3.26. The first-order valence-corrected chi connectivity index (χ1v) is 4.91. The fraction of sp³-hybridized carbons (Fsp3) is 0.333. The Bertz CT molecular complexity index is 443. The van der Waals surface area contributed by atoms with Crippen LogP contribution in [0.5, 0.6) is 5.75 Å². The summed E-state index contributed by atoms with van der Waals surface area (Å²) < 4.78 is 5.62. The molecule has 0 saturated heterocycles. The van der Waals surface area contributed by atoms with Crippen molar-refractivity contribution in [2.45, 2.75) is 26.9 Å². The van der Waals surface area contributed by atoms with Crippen LogP contribution in [0.1, 0.15) is 19.5 Å². The molecule has 0 fully saturated rings. The quantitative estimate of drug-likeness (QED) is 0.770. The molecule has 74 valence electrons. The molecule has 0 unspecified atom stereocenters. The Kier molecular flexibility index (Phi) is 2.20. The molecule has 0 spiro atoms. The molecule has 2 heteroatoms. The van der Waals surface area contributed by atoms with E-state index in [1.807, 2.05) is 19.9 Å². The van der Waals surface area contributed by atoms with Crippen molar-refractivity contribution in [1.29, 1.82) is 0 Å². The van der Waals surface area contributed by atoms with Crippen LogP contribution >= 0.6 is 0 Å².